The van der Waals surface area contributed by atoms with Crippen molar-refractivity contribution >= 4 is 17.5 Å². The van der Waals surface area contributed by atoms with Gasteiger partial charge in [-0.3, -0.25) is 4.90 Å². The fraction of sp³-hybridized carbons (Fsp3) is 0.429. The van der Waals surface area contributed by atoms with Crippen molar-refractivity contribution in [2.24, 2.45) is 0 Å². The van der Waals surface area contributed by atoms with Crippen molar-refractivity contribution in [1.82, 2.24) is 4.98 Å². The minimum Gasteiger partial charge on any atom is -0.443 e. The Balaban J connectivity index is 2.90. The summed E-state index contributed by atoms with van der Waals surface area (Å²) in [5, 5.41) is 0. The van der Waals surface area contributed by atoms with Crippen LogP contribution >= 0.6 is 0 Å². The van der Waals surface area contributed by atoms with Gasteiger partial charge in [-0.2, -0.15) is 0 Å². The smallest absolute Gasteiger partial charge is 0.415 e. The van der Waals surface area contributed by atoms with Gasteiger partial charge in [0.2, 0.25) is 0 Å². The number of rotatable bonds is 2. The molecule has 0 aliphatic rings. The highest BCUT2D eigenvalue weighted by molar-refractivity contribution is 5.86. The molecule has 1 aromatic rings. The van der Waals surface area contributed by atoms with Crippen LogP contribution in [0.3, 0.4) is 0 Å². The second-order valence-electron chi connectivity index (χ2n) is 5.22. The van der Waals surface area contributed by atoms with Crippen molar-refractivity contribution in [2.45, 2.75) is 33.3 Å². The fourth-order valence-electron chi connectivity index (χ4n) is 1.29. The maximum atomic E-state index is 11.9. The van der Waals surface area contributed by atoms with Crippen molar-refractivity contribution in [3.63, 3.8) is 0 Å². The number of ether oxygens (including phenoxy) is 1. The molecule has 4 nitrogen and oxygen atoms in total. The van der Waals surface area contributed by atoms with Crippen LogP contribution in [-0.4, -0.2) is 23.7 Å². The Morgan fingerprint density at radius 2 is 2.06 bits per heavy atom. The molecular formula is C14H20N2O2. The highest BCUT2D eigenvalue weighted by atomic mass is 16.6. The van der Waals surface area contributed by atoms with Crippen LogP contribution in [0, 0.1) is 0 Å². The summed E-state index contributed by atoms with van der Waals surface area (Å²) in [6, 6.07) is 3.67. The SMILES string of the molecule is C=C(C)c1ccnc(N(C)C(=O)OC(C)(C)C)c1. The first-order valence-corrected chi connectivity index (χ1v) is 5.79. The molecule has 1 amide bonds. The molecule has 0 saturated heterocycles. The Hall–Kier alpha value is -1.84. The van der Waals surface area contributed by atoms with Gasteiger partial charge in [0.1, 0.15) is 11.4 Å². The minimum absolute atomic E-state index is 0.422. The van der Waals surface area contributed by atoms with Crippen LogP contribution in [0.4, 0.5) is 10.6 Å². The predicted octanol–water partition coefficient (Wildman–Crippen LogP) is 3.49. The molecule has 0 atom stereocenters. The number of allylic oxidation sites excluding steroid dienone is 1. The number of aromatic nitrogens is 1. The van der Waals surface area contributed by atoms with E-state index in [2.05, 4.69) is 11.6 Å². The Bertz CT molecular complexity index is 461. The molecule has 0 radical (unpaired) electrons. The highest BCUT2D eigenvalue weighted by Gasteiger charge is 2.21. The second kappa shape index (κ2) is 5.21. The molecule has 0 bridgehead atoms. The summed E-state index contributed by atoms with van der Waals surface area (Å²) in [6.45, 7) is 11.3. The molecule has 0 aliphatic carbocycles. The minimum atomic E-state index is -0.517. The first-order valence-electron chi connectivity index (χ1n) is 5.79. The average molecular weight is 248 g/mol. The molecule has 0 aliphatic heterocycles. The summed E-state index contributed by atoms with van der Waals surface area (Å²) in [5.41, 5.74) is 1.36. The summed E-state index contributed by atoms with van der Waals surface area (Å²) >= 11 is 0. The number of pyridine rings is 1. The summed E-state index contributed by atoms with van der Waals surface area (Å²) < 4.78 is 5.28. The van der Waals surface area contributed by atoms with E-state index in [1.807, 2.05) is 39.8 Å². The van der Waals surface area contributed by atoms with Crippen LogP contribution in [0.25, 0.3) is 5.57 Å². The van der Waals surface area contributed by atoms with Gasteiger partial charge in [-0.05, 0) is 45.4 Å². The lowest BCUT2D eigenvalue weighted by Crippen LogP contribution is -2.34. The summed E-state index contributed by atoms with van der Waals surface area (Å²) in [4.78, 5) is 17.4. The van der Waals surface area contributed by atoms with E-state index in [1.165, 1.54) is 4.90 Å². The van der Waals surface area contributed by atoms with E-state index in [1.54, 1.807) is 13.2 Å². The molecular weight excluding hydrogens is 228 g/mol. The van der Waals surface area contributed by atoms with Crippen LogP contribution in [-0.2, 0) is 4.74 Å². The predicted molar refractivity (Wildman–Crippen MR) is 73.6 cm³/mol. The third kappa shape index (κ3) is 3.87. The van der Waals surface area contributed by atoms with Crippen molar-refractivity contribution in [3.8, 4) is 0 Å². The Morgan fingerprint density at radius 3 is 2.56 bits per heavy atom. The molecule has 1 aromatic heterocycles. The lowest BCUT2D eigenvalue weighted by Gasteiger charge is -2.24. The van der Waals surface area contributed by atoms with E-state index in [9.17, 15) is 4.79 Å². The summed E-state index contributed by atoms with van der Waals surface area (Å²) in [6.07, 6.45) is 1.23. The van der Waals surface area contributed by atoms with E-state index in [-0.39, 0.29) is 0 Å². The monoisotopic (exact) mass is 248 g/mol. The molecule has 4 heteroatoms. The van der Waals surface area contributed by atoms with Crippen LogP contribution in [0.15, 0.2) is 24.9 Å². The number of nitrogens with zero attached hydrogens (tertiary/aromatic N) is 2. The van der Waals surface area contributed by atoms with Crippen molar-refractivity contribution in [2.75, 3.05) is 11.9 Å². The van der Waals surface area contributed by atoms with Gasteiger partial charge in [-0.25, -0.2) is 9.78 Å². The number of hydrogen-bond donors (Lipinski definition) is 0. The van der Waals surface area contributed by atoms with Crippen LogP contribution in [0.5, 0.6) is 0 Å². The average Bonchev–Trinajstić information content (AvgIpc) is 2.26. The third-order valence-corrected chi connectivity index (χ3v) is 2.25. The molecule has 0 spiro atoms. The Labute approximate surface area is 108 Å². The van der Waals surface area contributed by atoms with E-state index in [4.69, 9.17) is 4.74 Å². The zero-order valence-corrected chi connectivity index (χ0v) is 11.7. The number of carbonyl (C=O) groups excluding carboxylic acids is 1. The molecule has 98 valence electrons. The quantitative estimate of drug-likeness (QED) is 0.804. The van der Waals surface area contributed by atoms with Gasteiger partial charge in [0, 0.05) is 13.2 Å². The normalized spacial score (nSPS) is 10.9. The molecule has 0 unspecified atom stereocenters. The van der Waals surface area contributed by atoms with Gasteiger partial charge in [0.05, 0.1) is 0 Å². The lowest BCUT2D eigenvalue weighted by atomic mass is 10.1. The topological polar surface area (TPSA) is 42.4 Å². The number of carbonyl (C=O) groups is 1. The maximum absolute atomic E-state index is 11.9. The van der Waals surface area contributed by atoms with E-state index < -0.39 is 11.7 Å². The molecule has 1 rings (SSSR count). The van der Waals surface area contributed by atoms with Crippen LogP contribution in [0.2, 0.25) is 0 Å². The molecule has 0 fully saturated rings. The third-order valence-electron chi connectivity index (χ3n) is 2.25. The van der Waals surface area contributed by atoms with Gasteiger partial charge in [0.15, 0.2) is 0 Å². The van der Waals surface area contributed by atoms with E-state index in [0.717, 1.165) is 11.1 Å². The fourth-order valence-corrected chi connectivity index (χ4v) is 1.29. The first-order chi connectivity index (χ1) is 8.20. The zero-order chi connectivity index (χ0) is 13.9. The summed E-state index contributed by atoms with van der Waals surface area (Å²) in [5.74, 6) is 0.546. The van der Waals surface area contributed by atoms with Gasteiger partial charge in [0.25, 0.3) is 0 Å². The zero-order valence-electron chi connectivity index (χ0n) is 11.7. The van der Waals surface area contributed by atoms with Crippen LogP contribution in [0.1, 0.15) is 33.3 Å². The van der Waals surface area contributed by atoms with Crippen LogP contribution < -0.4 is 4.90 Å². The van der Waals surface area contributed by atoms with E-state index in [0.29, 0.717) is 5.82 Å². The largest absolute Gasteiger partial charge is 0.443 e. The van der Waals surface area contributed by atoms with Crippen molar-refractivity contribution in [3.05, 3.63) is 30.5 Å². The van der Waals surface area contributed by atoms with Gasteiger partial charge < -0.3 is 4.74 Å². The molecule has 18 heavy (non-hydrogen) atoms. The van der Waals surface area contributed by atoms with Gasteiger partial charge >= 0.3 is 6.09 Å². The maximum Gasteiger partial charge on any atom is 0.415 e. The Kier molecular flexibility index (Phi) is 4.11. The molecule has 0 saturated carbocycles. The molecule has 0 N–H and O–H groups in total. The van der Waals surface area contributed by atoms with E-state index >= 15 is 0 Å². The van der Waals surface area contributed by atoms with Crippen molar-refractivity contribution in [1.29, 1.82) is 0 Å². The van der Waals surface area contributed by atoms with Crippen molar-refractivity contribution < 1.29 is 9.53 Å². The van der Waals surface area contributed by atoms with Gasteiger partial charge in [-0.15, -0.1) is 0 Å². The highest BCUT2D eigenvalue weighted by Crippen LogP contribution is 2.18. The van der Waals surface area contributed by atoms with Gasteiger partial charge in [-0.1, -0.05) is 12.2 Å². The molecule has 1 heterocycles. The molecule has 0 aromatic carbocycles. The standard InChI is InChI=1S/C14H20N2O2/c1-10(2)11-7-8-15-12(9-11)16(6)13(17)18-14(3,4)5/h7-9H,1H2,2-6H3. The summed E-state index contributed by atoms with van der Waals surface area (Å²) in [7, 11) is 1.64. The first kappa shape index (κ1) is 14.2. The number of anilines is 1. The Morgan fingerprint density at radius 1 is 1.44 bits per heavy atom. The number of hydrogen-bond acceptors (Lipinski definition) is 3. The number of amides is 1. The second-order valence-corrected chi connectivity index (χ2v) is 5.22. The lowest BCUT2D eigenvalue weighted by molar-refractivity contribution is 0.0588.